The van der Waals surface area contributed by atoms with Crippen molar-refractivity contribution in [1.82, 2.24) is 9.40 Å². The number of hydrogen-bond acceptors (Lipinski definition) is 9. The summed E-state index contributed by atoms with van der Waals surface area (Å²) in [4.78, 5) is 17.9. The highest BCUT2D eigenvalue weighted by molar-refractivity contribution is 7.90. The van der Waals surface area contributed by atoms with Crippen molar-refractivity contribution in [3.05, 3.63) is 71.4 Å². The van der Waals surface area contributed by atoms with Crippen LogP contribution in [0.2, 0.25) is 0 Å². The average molecular weight is 532 g/mol. The topological polar surface area (TPSA) is 172 Å². The number of benzene rings is 1. The lowest BCUT2D eigenvalue weighted by atomic mass is 10.1. The first-order chi connectivity index (χ1) is 17.4. The maximum atomic E-state index is 13.9. The first kappa shape index (κ1) is 27.5. The van der Waals surface area contributed by atoms with Crippen LogP contribution in [-0.4, -0.2) is 54.3 Å². The fraction of sp³-hybridized carbons (Fsp3) is 0.292. The number of carbonyl (C=O) groups excluding carboxylic acids is 1. The number of aromatic nitrogens is 1. The van der Waals surface area contributed by atoms with Crippen LogP contribution in [0.5, 0.6) is 11.5 Å². The van der Waals surface area contributed by atoms with Crippen LogP contribution < -0.4 is 20.2 Å². The number of sulfonamides is 1. The minimum atomic E-state index is -4.76. The Morgan fingerprint density at radius 2 is 1.73 bits per heavy atom. The molecule has 2 atom stereocenters. The molecule has 0 bridgehead atoms. The lowest BCUT2D eigenvalue weighted by Gasteiger charge is -2.36. The Morgan fingerprint density at radius 1 is 1.11 bits per heavy atom. The van der Waals surface area contributed by atoms with Gasteiger partial charge in [0.05, 0.1) is 19.9 Å². The maximum absolute atomic E-state index is 13.9. The summed E-state index contributed by atoms with van der Waals surface area (Å²) in [6.07, 6.45) is -0.134. The first-order valence-corrected chi connectivity index (χ1v) is 12.5. The standard InChI is InChI=1S/C24H29N5O7S/c1-14-9-11-17(27-13-14)22(30)16(3)37(32,33)29(24(25)26)28(23(31)20-12-10-15(2)36-20)21-18(34-4)7-6-8-19(21)35-5/h6-13,16,22,30H,1-5H3,(H3,25,26)/t16-,22-/m1/s1. The molecule has 4 N–H and O–H groups in total. The van der Waals surface area contributed by atoms with Crippen molar-refractivity contribution >= 4 is 27.6 Å². The number of nitrogens with two attached hydrogens (primary N) is 1. The van der Waals surface area contributed by atoms with E-state index >= 15 is 0 Å². The van der Waals surface area contributed by atoms with E-state index < -0.39 is 33.2 Å². The van der Waals surface area contributed by atoms with Crippen molar-refractivity contribution in [1.29, 1.82) is 5.41 Å². The lowest BCUT2D eigenvalue weighted by molar-refractivity contribution is 0.0927. The quantitative estimate of drug-likeness (QED) is 0.224. The number of hydrazine groups is 1. The molecule has 12 nitrogen and oxygen atoms in total. The number of aliphatic hydroxyl groups excluding tert-OH is 1. The molecule has 0 unspecified atom stereocenters. The van der Waals surface area contributed by atoms with Gasteiger partial charge in [-0.1, -0.05) is 12.1 Å². The van der Waals surface area contributed by atoms with E-state index in [0.717, 1.165) is 5.56 Å². The van der Waals surface area contributed by atoms with Crippen LogP contribution in [0.4, 0.5) is 5.69 Å². The van der Waals surface area contributed by atoms with E-state index in [1.165, 1.54) is 57.7 Å². The number of nitrogens with one attached hydrogen (secondary N) is 1. The summed E-state index contributed by atoms with van der Waals surface area (Å²) in [6, 6.07) is 10.6. The van der Waals surface area contributed by atoms with Crippen LogP contribution >= 0.6 is 0 Å². The van der Waals surface area contributed by atoms with E-state index in [-0.39, 0.29) is 33.1 Å². The number of amides is 1. The fourth-order valence-electron chi connectivity index (χ4n) is 3.54. The normalized spacial score (nSPS) is 12.9. The predicted molar refractivity (Wildman–Crippen MR) is 136 cm³/mol. The summed E-state index contributed by atoms with van der Waals surface area (Å²) in [5.74, 6) is -1.76. The maximum Gasteiger partial charge on any atom is 0.314 e. The van der Waals surface area contributed by atoms with E-state index in [2.05, 4.69) is 4.98 Å². The molecule has 13 heteroatoms. The molecular weight excluding hydrogens is 502 g/mol. The molecule has 0 aliphatic rings. The SMILES string of the molecule is COc1cccc(OC)c1N(C(=O)c1ccc(C)o1)N(C(=N)N)S(=O)(=O)[C@H](C)[C@@H](O)c1ccc(C)cn1. The zero-order chi connectivity index (χ0) is 27.5. The van der Waals surface area contributed by atoms with Gasteiger partial charge in [-0.15, -0.1) is 4.41 Å². The molecule has 2 heterocycles. The van der Waals surface area contributed by atoms with Gasteiger partial charge in [0.25, 0.3) is 10.0 Å². The molecule has 1 amide bonds. The van der Waals surface area contributed by atoms with Gasteiger partial charge in [-0.05, 0) is 56.7 Å². The molecule has 0 saturated carbocycles. The smallest absolute Gasteiger partial charge is 0.314 e. The largest absolute Gasteiger partial charge is 0.494 e. The van der Waals surface area contributed by atoms with Crippen molar-refractivity contribution in [3.8, 4) is 11.5 Å². The number of aliphatic hydroxyl groups is 1. The van der Waals surface area contributed by atoms with Gasteiger partial charge >= 0.3 is 5.91 Å². The van der Waals surface area contributed by atoms with Crippen molar-refractivity contribution < 1.29 is 32.2 Å². The Bertz CT molecular complexity index is 1370. The summed E-state index contributed by atoms with van der Waals surface area (Å²) in [6.45, 7) is 4.62. The number of aryl methyl sites for hydroxylation is 2. The van der Waals surface area contributed by atoms with Gasteiger partial charge in [-0.3, -0.25) is 15.2 Å². The molecule has 0 spiro atoms. The molecule has 1 aromatic carbocycles. The van der Waals surface area contributed by atoms with Crippen LogP contribution in [0.3, 0.4) is 0 Å². The number of guanidine groups is 1. The molecule has 0 radical (unpaired) electrons. The summed E-state index contributed by atoms with van der Waals surface area (Å²) in [7, 11) is -2.12. The highest BCUT2D eigenvalue weighted by atomic mass is 32.2. The van der Waals surface area contributed by atoms with E-state index in [9.17, 15) is 18.3 Å². The molecule has 0 saturated heterocycles. The number of anilines is 1. The van der Waals surface area contributed by atoms with E-state index in [0.29, 0.717) is 10.8 Å². The highest BCUT2D eigenvalue weighted by Crippen LogP contribution is 2.41. The highest BCUT2D eigenvalue weighted by Gasteiger charge is 2.44. The van der Waals surface area contributed by atoms with Crippen LogP contribution in [0, 0.1) is 19.3 Å². The number of nitrogens with zero attached hydrogens (tertiary/aromatic N) is 3. The van der Waals surface area contributed by atoms with E-state index in [1.807, 2.05) is 0 Å². The Morgan fingerprint density at radius 3 is 2.19 bits per heavy atom. The zero-order valence-corrected chi connectivity index (χ0v) is 21.8. The number of carbonyl (C=O) groups is 1. The Hall–Kier alpha value is -4.10. The number of methoxy groups -OCH3 is 2. The second kappa shape index (κ2) is 10.9. The summed E-state index contributed by atoms with van der Waals surface area (Å²) < 4.78 is 44.4. The number of hydrogen-bond donors (Lipinski definition) is 3. The molecule has 3 rings (SSSR count). The van der Waals surface area contributed by atoms with Gasteiger partial charge in [0, 0.05) is 6.20 Å². The van der Waals surface area contributed by atoms with Gasteiger partial charge < -0.3 is 24.7 Å². The van der Waals surface area contributed by atoms with Crippen LogP contribution in [0.1, 0.15) is 40.6 Å². The van der Waals surface area contributed by atoms with Crippen LogP contribution in [-0.2, 0) is 10.0 Å². The Labute approximate surface area is 214 Å². The monoisotopic (exact) mass is 531 g/mol. The minimum absolute atomic E-state index is 0.0471. The van der Waals surface area contributed by atoms with Crippen molar-refractivity contribution in [2.24, 2.45) is 5.73 Å². The van der Waals surface area contributed by atoms with Gasteiger partial charge in [0.2, 0.25) is 5.96 Å². The fourth-order valence-corrected chi connectivity index (χ4v) is 4.98. The number of para-hydroxylation sites is 1. The summed E-state index contributed by atoms with van der Waals surface area (Å²) >= 11 is 0. The number of pyridine rings is 1. The van der Waals surface area contributed by atoms with E-state index in [1.54, 1.807) is 26.0 Å². The van der Waals surface area contributed by atoms with Gasteiger partial charge in [0.1, 0.15) is 28.6 Å². The number of rotatable bonds is 8. The Balaban J connectivity index is 2.24. The molecule has 0 aliphatic heterocycles. The van der Waals surface area contributed by atoms with Crippen LogP contribution in [0.15, 0.2) is 53.1 Å². The average Bonchev–Trinajstić information content (AvgIpc) is 3.31. The summed E-state index contributed by atoms with van der Waals surface area (Å²) in [5, 5.41) is 18.1. The number of ether oxygens (including phenoxy) is 2. The second-order valence-electron chi connectivity index (χ2n) is 8.12. The lowest BCUT2D eigenvalue weighted by Crippen LogP contribution is -2.58. The predicted octanol–water partition coefficient (Wildman–Crippen LogP) is 2.52. The molecule has 198 valence electrons. The third-order valence-corrected chi connectivity index (χ3v) is 7.58. The van der Waals surface area contributed by atoms with E-state index in [4.69, 9.17) is 25.0 Å². The second-order valence-corrected chi connectivity index (χ2v) is 10.2. The summed E-state index contributed by atoms with van der Waals surface area (Å²) in [5.41, 5.74) is 6.53. The van der Waals surface area contributed by atoms with Gasteiger partial charge in [-0.2, -0.15) is 5.01 Å². The zero-order valence-electron chi connectivity index (χ0n) is 21.0. The first-order valence-electron chi connectivity index (χ1n) is 11.0. The van der Waals surface area contributed by atoms with Gasteiger partial charge in [0.15, 0.2) is 11.4 Å². The Kier molecular flexibility index (Phi) is 8.09. The molecular formula is C24H29N5O7S. The van der Waals surface area contributed by atoms with Crippen molar-refractivity contribution in [2.45, 2.75) is 32.1 Å². The van der Waals surface area contributed by atoms with Crippen molar-refractivity contribution in [3.63, 3.8) is 0 Å². The molecule has 0 aliphatic carbocycles. The van der Waals surface area contributed by atoms with Crippen molar-refractivity contribution in [2.75, 3.05) is 19.2 Å². The molecule has 3 aromatic rings. The minimum Gasteiger partial charge on any atom is -0.494 e. The third-order valence-electron chi connectivity index (χ3n) is 5.54. The number of furan rings is 1. The third kappa shape index (κ3) is 5.37. The molecule has 37 heavy (non-hydrogen) atoms. The molecule has 2 aromatic heterocycles. The van der Waals surface area contributed by atoms with Gasteiger partial charge in [-0.25, -0.2) is 8.42 Å². The molecule has 0 fully saturated rings. The van der Waals surface area contributed by atoms with Crippen LogP contribution in [0.25, 0.3) is 0 Å².